The lowest BCUT2D eigenvalue weighted by Gasteiger charge is -2.60. The second-order valence-corrected chi connectivity index (χ2v) is 7.79. The number of rotatable bonds is 5. The van der Waals surface area contributed by atoms with E-state index in [-0.39, 0.29) is 12.1 Å². The van der Waals surface area contributed by atoms with Crippen LogP contribution < -0.4 is 0 Å². The van der Waals surface area contributed by atoms with Gasteiger partial charge in [-0.3, -0.25) is 0 Å². The van der Waals surface area contributed by atoms with Crippen molar-refractivity contribution < 1.29 is 14.3 Å². The van der Waals surface area contributed by atoms with E-state index >= 15 is 0 Å². The molecule has 3 nitrogen and oxygen atoms in total. The van der Waals surface area contributed by atoms with Gasteiger partial charge in [0, 0.05) is 17.4 Å². The smallest absolute Gasteiger partial charge is 0.333 e. The molecule has 0 aromatic carbocycles. The Kier molecular flexibility index (Phi) is 3.89. The number of hydrogen-bond donors (Lipinski definition) is 0. The van der Waals surface area contributed by atoms with Gasteiger partial charge < -0.3 is 9.47 Å². The summed E-state index contributed by atoms with van der Waals surface area (Å²) in [7, 11) is 0. The van der Waals surface area contributed by atoms with Crippen molar-refractivity contribution in [3.63, 3.8) is 0 Å². The van der Waals surface area contributed by atoms with E-state index in [1.807, 2.05) is 13.8 Å². The first-order chi connectivity index (χ1) is 9.90. The summed E-state index contributed by atoms with van der Waals surface area (Å²) in [5, 5.41) is 0. The zero-order valence-corrected chi connectivity index (χ0v) is 13.6. The first-order valence-corrected chi connectivity index (χ1v) is 8.41. The molecule has 0 atom stereocenters. The van der Waals surface area contributed by atoms with Gasteiger partial charge in [0.05, 0.1) is 12.7 Å². The number of esters is 1. The van der Waals surface area contributed by atoms with Crippen molar-refractivity contribution in [2.45, 2.75) is 64.6 Å². The van der Waals surface area contributed by atoms with Gasteiger partial charge in [-0.15, -0.1) is 0 Å². The van der Waals surface area contributed by atoms with E-state index in [4.69, 9.17) is 9.47 Å². The molecular weight excluding hydrogens is 264 g/mol. The van der Waals surface area contributed by atoms with Crippen molar-refractivity contribution in [1.29, 1.82) is 0 Å². The second kappa shape index (κ2) is 5.42. The molecule has 0 radical (unpaired) electrons. The fraction of sp³-hybridized carbons (Fsp3) is 0.833. The molecule has 4 aliphatic rings. The fourth-order valence-corrected chi connectivity index (χ4v) is 4.97. The Balaban J connectivity index is 1.85. The Bertz CT molecular complexity index is 410. The minimum Gasteiger partial charge on any atom is -0.453 e. The van der Waals surface area contributed by atoms with Gasteiger partial charge in [-0.25, -0.2) is 4.79 Å². The summed E-state index contributed by atoms with van der Waals surface area (Å²) in [5.41, 5.74) is 0.0982. The Hall–Kier alpha value is -0.830. The van der Waals surface area contributed by atoms with Crippen molar-refractivity contribution in [2.24, 2.45) is 23.7 Å². The molecule has 4 bridgehead atoms. The number of carbonyl (C=O) groups is 1. The first kappa shape index (κ1) is 15.1. The highest BCUT2D eigenvalue weighted by molar-refractivity contribution is 5.87. The summed E-state index contributed by atoms with van der Waals surface area (Å²) in [6, 6.07) is 0. The number of hydrogen-bond acceptors (Lipinski definition) is 3. The summed E-state index contributed by atoms with van der Waals surface area (Å²) < 4.78 is 12.0. The monoisotopic (exact) mass is 292 g/mol. The molecule has 0 aromatic heterocycles. The summed E-state index contributed by atoms with van der Waals surface area (Å²) in [4.78, 5) is 12.2. The van der Waals surface area contributed by atoms with Crippen LogP contribution in [0.15, 0.2) is 12.2 Å². The highest BCUT2D eigenvalue weighted by Gasteiger charge is 2.59. The average molecular weight is 292 g/mol. The van der Waals surface area contributed by atoms with Gasteiger partial charge in [0.15, 0.2) is 0 Å². The van der Waals surface area contributed by atoms with Crippen LogP contribution in [0.2, 0.25) is 0 Å². The van der Waals surface area contributed by atoms with E-state index in [1.165, 1.54) is 32.1 Å². The van der Waals surface area contributed by atoms with Crippen LogP contribution in [0.4, 0.5) is 0 Å². The van der Waals surface area contributed by atoms with Crippen LogP contribution in [-0.2, 0) is 14.3 Å². The maximum atomic E-state index is 12.2. The second-order valence-electron chi connectivity index (χ2n) is 7.79. The highest BCUT2D eigenvalue weighted by Crippen LogP contribution is 2.59. The Morgan fingerprint density at radius 3 is 2.10 bits per heavy atom. The van der Waals surface area contributed by atoms with E-state index in [1.54, 1.807) is 6.92 Å². The largest absolute Gasteiger partial charge is 0.453 e. The first-order valence-electron chi connectivity index (χ1n) is 8.41. The van der Waals surface area contributed by atoms with Crippen LogP contribution in [-0.4, -0.2) is 24.3 Å². The maximum Gasteiger partial charge on any atom is 0.333 e. The molecule has 0 N–H and O–H groups in total. The van der Waals surface area contributed by atoms with Crippen molar-refractivity contribution in [3.05, 3.63) is 12.2 Å². The van der Waals surface area contributed by atoms with Crippen LogP contribution in [0.25, 0.3) is 0 Å². The molecule has 118 valence electrons. The molecule has 4 saturated carbocycles. The number of ether oxygens (including phenoxy) is 2. The average Bonchev–Trinajstić information content (AvgIpc) is 2.40. The van der Waals surface area contributed by atoms with Gasteiger partial charge in [-0.1, -0.05) is 6.58 Å². The molecule has 4 rings (SSSR count). The summed E-state index contributed by atoms with van der Waals surface area (Å²) >= 11 is 0. The Morgan fingerprint density at radius 2 is 1.67 bits per heavy atom. The van der Waals surface area contributed by atoms with Crippen LogP contribution in [0, 0.1) is 23.7 Å². The molecule has 0 amide bonds. The van der Waals surface area contributed by atoms with Gasteiger partial charge >= 0.3 is 5.97 Å². The fourth-order valence-electron chi connectivity index (χ4n) is 4.97. The molecule has 0 unspecified atom stereocenters. The van der Waals surface area contributed by atoms with Crippen LogP contribution in [0.1, 0.15) is 52.9 Å². The molecule has 0 aromatic rings. The van der Waals surface area contributed by atoms with Gasteiger partial charge in [-0.2, -0.15) is 0 Å². The molecule has 0 spiro atoms. The molecule has 4 aliphatic carbocycles. The molecule has 0 aliphatic heterocycles. The van der Waals surface area contributed by atoms with E-state index in [9.17, 15) is 4.79 Å². The van der Waals surface area contributed by atoms with Gasteiger partial charge in [0.1, 0.15) is 5.60 Å². The van der Waals surface area contributed by atoms with Crippen molar-refractivity contribution >= 4 is 5.97 Å². The summed E-state index contributed by atoms with van der Waals surface area (Å²) in [5.74, 6) is 2.42. The topological polar surface area (TPSA) is 35.5 Å². The zero-order chi connectivity index (χ0) is 15.2. The van der Waals surface area contributed by atoms with E-state index in [0.717, 1.165) is 11.8 Å². The lowest BCUT2D eigenvalue weighted by molar-refractivity contribution is -0.226. The number of carbonyl (C=O) groups excluding carboxylic acids is 1. The van der Waals surface area contributed by atoms with Crippen LogP contribution in [0.3, 0.4) is 0 Å². The molecule has 0 heterocycles. The lowest BCUT2D eigenvalue weighted by atomic mass is 9.50. The molecule has 3 heteroatoms. The minimum atomic E-state index is -0.395. The summed E-state index contributed by atoms with van der Waals surface area (Å²) in [6.07, 6.45) is 6.39. The SMILES string of the molecule is C=C(C)C(=O)OC1(COC(C)C)C2CC3CC(C2)CC1C3. The van der Waals surface area contributed by atoms with E-state index < -0.39 is 5.60 Å². The van der Waals surface area contributed by atoms with Crippen molar-refractivity contribution in [1.82, 2.24) is 0 Å². The third kappa shape index (κ3) is 2.65. The normalized spacial score (nSPS) is 40.6. The molecule has 21 heavy (non-hydrogen) atoms. The van der Waals surface area contributed by atoms with Gasteiger partial charge in [0.25, 0.3) is 0 Å². The van der Waals surface area contributed by atoms with Crippen LogP contribution >= 0.6 is 0 Å². The molecular formula is C18H28O3. The predicted octanol–water partition coefficient (Wildman–Crippen LogP) is 3.73. The zero-order valence-electron chi connectivity index (χ0n) is 13.6. The summed E-state index contributed by atoms with van der Waals surface area (Å²) in [6.45, 7) is 10.1. The standard InChI is InChI=1S/C18H28O3/c1-11(2)17(19)21-18(10-20-12(3)4)15-6-13-5-14(8-15)9-16(18)7-13/h12-16H,1,5-10H2,2-4H3. The third-order valence-electron chi connectivity index (χ3n) is 5.79. The quantitative estimate of drug-likeness (QED) is 0.572. The van der Waals surface area contributed by atoms with Crippen LogP contribution in [0.5, 0.6) is 0 Å². The Labute approximate surface area is 128 Å². The lowest BCUT2D eigenvalue weighted by Crippen LogP contribution is -2.62. The van der Waals surface area contributed by atoms with Gasteiger partial charge in [0.2, 0.25) is 0 Å². The van der Waals surface area contributed by atoms with E-state index in [0.29, 0.717) is 24.0 Å². The molecule has 4 fully saturated rings. The molecule has 0 saturated heterocycles. The highest BCUT2D eigenvalue weighted by atomic mass is 16.6. The third-order valence-corrected chi connectivity index (χ3v) is 5.79. The maximum absolute atomic E-state index is 12.2. The van der Waals surface area contributed by atoms with Crippen molar-refractivity contribution in [3.8, 4) is 0 Å². The van der Waals surface area contributed by atoms with E-state index in [2.05, 4.69) is 6.58 Å². The minimum absolute atomic E-state index is 0.169. The predicted molar refractivity (Wildman–Crippen MR) is 81.8 cm³/mol. The van der Waals surface area contributed by atoms with Crippen molar-refractivity contribution in [2.75, 3.05) is 6.61 Å². The Morgan fingerprint density at radius 1 is 1.14 bits per heavy atom. The van der Waals surface area contributed by atoms with Gasteiger partial charge in [-0.05, 0) is 64.7 Å².